The number of amides is 2. The smallest absolute Gasteiger partial charge is 0.242 e. The maximum Gasteiger partial charge on any atom is 0.242 e. The summed E-state index contributed by atoms with van der Waals surface area (Å²) in [7, 11) is 0. The Balaban J connectivity index is 1.75. The van der Waals surface area contributed by atoms with Gasteiger partial charge in [-0.1, -0.05) is 35.3 Å². The van der Waals surface area contributed by atoms with Gasteiger partial charge in [-0.25, -0.2) is 0 Å². The average molecular weight is 465 g/mol. The fraction of sp³-hybridized carbons (Fsp3) is 0.391. The van der Waals surface area contributed by atoms with Crippen LogP contribution in [0, 0.1) is 0 Å². The lowest BCUT2D eigenvalue weighted by Crippen LogP contribution is -2.49. The molecule has 1 N–H and O–H groups in total. The second-order valence-electron chi connectivity index (χ2n) is 7.78. The number of ether oxygens (including phenoxy) is 2. The molecule has 3 rings (SSSR count). The Kier molecular flexibility index (Phi) is 7.68. The number of nitrogens with zero attached hydrogens (tertiary/aromatic N) is 1. The van der Waals surface area contributed by atoms with Gasteiger partial charge in [-0.05, 0) is 62.6 Å². The van der Waals surface area contributed by atoms with Crippen molar-refractivity contribution in [2.45, 2.75) is 52.2 Å². The summed E-state index contributed by atoms with van der Waals surface area (Å²) in [6.45, 7) is 5.90. The van der Waals surface area contributed by atoms with Gasteiger partial charge in [0.2, 0.25) is 18.6 Å². The first-order valence-electron chi connectivity index (χ1n) is 10.2. The highest BCUT2D eigenvalue weighted by molar-refractivity contribution is 6.35. The predicted octanol–water partition coefficient (Wildman–Crippen LogP) is 4.60. The Hall–Kier alpha value is -2.44. The van der Waals surface area contributed by atoms with Crippen molar-refractivity contribution in [1.29, 1.82) is 0 Å². The lowest BCUT2D eigenvalue weighted by molar-refractivity contribution is -0.140. The maximum atomic E-state index is 13.2. The van der Waals surface area contributed by atoms with Crippen LogP contribution in [0.15, 0.2) is 36.4 Å². The van der Waals surface area contributed by atoms with Gasteiger partial charge in [0.1, 0.15) is 6.04 Å². The van der Waals surface area contributed by atoms with Crippen molar-refractivity contribution < 1.29 is 19.1 Å². The zero-order chi connectivity index (χ0) is 22.5. The van der Waals surface area contributed by atoms with Gasteiger partial charge in [0.05, 0.1) is 0 Å². The third-order valence-electron chi connectivity index (χ3n) is 5.02. The summed E-state index contributed by atoms with van der Waals surface area (Å²) in [5.41, 5.74) is 1.69. The summed E-state index contributed by atoms with van der Waals surface area (Å²) in [6, 6.07) is 10.1. The summed E-state index contributed by atoms with van der Waals surface area (Å²) >= 11 is 12.3. The van der Waals surface area contributed by atoms with E-state index < -0.39 is 6.04 Å². The quantitative estimate of drug-likeness (QED) is 0.619. The number of halogens is 2. The summed E-state index contributed by atoms with van der Waals surface area (Å²) in [6.07, 6.45) is 0.753. The van der Waals surface area contributed by atoms with E-state index >= 15 is 0 Å². The molecule has 1 aliphatic rings. The van der Waals surface area contributed by atoms with Crippen LogP contribution < -0.4 is 14.8 Å². The molecule has 1 aliphatic heterocycles. The van der Waals surface area contributed by atoms with Gasteiger partial charge < -0.3 is 19.7 Å². The first-order valence-corrected chi connectivity index (χ1v) is 10.9. The summed E-state index contributed by atoms with van der Waals surface area (Å²) in [5.74, 6) is 1.03. The zero-order valence-electron chi connectivity index (χ0n) is 17.8. The molecular formula is C23H26Cl2N2O4. The van der Waals surface area contributed by atoms with E-state index in [1.807, 2.05) is 32.0 Å². The third-order valence-corrected chi connectivity index (χ3v) is 5.61. The number of benzene rings is 2. The highest BCUT2D eigenvalue weighted by atomic mass is 35.5. The molecule has 0 aromatic heterocycles. The van der Waals surface area contributed by atoms with Crippen molar-refractivity contribution >= 4 is 35.0 Å². The van der Waals surface area contributed by atoms with E-state index in [0.29, 0.717) is 28.0 Å². The molecule has 0 aliphatic carbocycles. The van der Waals surface area contributed by atoms with Crippen LogP contribution in [0.2, 0.25) is 10.0 Å². The van der Waals surface area contributed by atoms with Crippen molar-refractivity contribution in [2.24, 2.45) is 0 Å². The number of carbonyl (C=O) groups excluding carboxylic acids is 2. The van der Waals surface area contributed by atoms with Crippen molar-refractivity contribution in [3.8, 4) is 11.5 Å². The van der Waals surface area contributed by atoms with E-state index in [0.717, 1.165) is 11.1 Å². The molecule has 0 spiro atoms. The van der Waals surface area contributed by atoms with Crippen molar-refractivity contribution in [3.63, 3.8) is 0 Å². The standard InChI is InChI=1S/C23H26Cl2N2O4/c1-14(2)26-23(29)15(3)27(12-17-6-7-18(24)11-19(17)25)22(28)9-5-16-4-8-20-21(10-16)31-13-30-20/h4,6-8,10-11,14-15H,5,9,12-13H2,1-3H3,(H,26,29)/t15-/m0/s1. The van der Waals surface area contributed by atoms with Gasteiger partial charge in [-0.3, -0.25) is 9.59 Å². The number of fused-ring (bicyclic) bond motifs is 1. The minimum Gasteiger partial charge on any atom is -0.454 e. The van der Waals surface area contributed by atoms with Gasteiger partial charge >= 0.3 is 0 Å². The maximum absolute atomic E-state index is 13.2. The molecule has 1 heterocycles. The topological polar surface area (TPSA) is 67.9 Å². The summed E-state index contributed by atoms with van der Waals surface area (Å²) < 4.78 is 10.7. The van der Waals surface area contributed by atoms with E-state index in [2.05, 4.69) is 5.32 Å². The van der Waals surface area contributed by atoms with Gasteiger partial charge in [0, 0.05) is 29.1 Å². The Bertz CT molecular complexity index is 965. The van der Waals surface area contributed by atoms with Crippen LogP contribution in [-0.2, 0) is 22.6 Å². The average Bonchev–Trinajstić information content (AvgIpc) is 3.18. The number of aryl methyl sites for hydroxylation is 1. The zero-order valence-corrected chi connectivity index (χ0v) is 19.3. The fourth-order valence-corrected chi connectivity index (χ4v) is 3.78. The molecule has 0 radical (unpaired) electrons. The molecule has 0 saturated heterocycles. The first kappa shape index (κ1) is 23.2. The van der Waals surface area contributed by atoms with Crippen LogP contribution in [0.5, 0.6) is 11.5 Å². The van der Waals surface area contributed by atoms with E-state index in [1.165, 1.54) is 0 Å². The normalized spacial score (nSPS) is 13.2. The molecule has 166 valence electrons. The number of carbonyl (C=O) groups is 2. The van der Waals surface area contributed by atoms with Crippen LogP contribution in [0.3, 0.4) is 0 Å². The molecule has 2 aromatic rings. The minimum atomic E-state index is -0.654. The second kappa shape index (κ2) is 10.2. The van der Waals surface area contributed by atoms with Gasteiger partial charge in [-0.15, -0.1) is 0 Å². The monoisotopic (exact) mass is 464 g/mol. The molecule has 2 amide bonds. The first-order chi connectivity index (χ1) is 14.7. The summed E-state index contributed by atoms with van der Waals surface area (Å²) in [5, 5.41) is 3.84. The SMILES string of the molecule is CC(C)NC(=O)[C@H](C)N(Cc1ccc(Cl)cc1Cl)C(=O)CCc1ccc2c(c1)OCO2. The van der Waals surface area contributed by atoms with Crippen LogP contribution in [0.1, 0.15) is 38.3 Å². The second-order valence-corrected chi connectivity index (χ2v) is 8.63. The number of hydrogen-bond acceptors (Lipinski definition) is 4. The van der Waals surface area contributed by atoms with Gasteiger partial charge in [0.15, 0.2) is 11.5 Å². The summed E-state index contributed by atoms with van der Waals surface area (Å²) in [4.78, 5) is 27.4. The van der Waals surface area contributed by atoms with Crippen LogP contribution in [0.25, 0.3) is 0 Å². The van der Waals surface area contributed by atoms with Crippen molar-refractivity contribution in [1.82, 2.24) is 10.2 Å². The fourth-order valence-electron chi connectivity index (χ4n) is 3.31. The van der Waals surface area contributed by atoms with E-state index in [9.17, 15) is 9.59 Å². The molecular weight excluding hydrogens is 439 g/mol. The van der Waals surface area contributed by atoms with E-state index in [1.54, 1.807) is 30.0 Å². The number of nitrogens with one attached hydrogen (secondary N) is 1. The van der Waals surface area contributed by atoms with Crippen LogP contribution >= 0.6 is 23.2 Å². The highest BCUT2D eigenvalue weighted by Crippen LogP contribution is 2.33. The van der Waals surface area contributed by atoms with Crippen molar-refractivity contribution in [2.75, 3.05) is 6.79 Å². The lowest BCUT2D eigenvalue weighted by Gasteiger charge is -2.30. The molecule has 0 bridgehead atoms. The van der Waals surface area contributed by atoms with Crippen LogP contribution in [0.4, 0.5) is 0 Å². The Morgan fingerprint density at radius 3 is 2.52 bits per heavy atom. The van der Waals surface area contributed by atoms with Gasteiger partial charge in [0.25, 0.3) is 0 Å². The Labute approximate surface area is 192 Å². The predicted molar refractivity (Wildman–Crippen MR) is 121 cm³/mol. The molecule has 0 saturated carbocycles. The third kappa shape index (κ3) is 6.05. The Morgan fingerprint density at radius 2 is 1.81 bits per heavy atom. The molecule has 0 unspecified atom stereocenters. The molecule has 0 fully saturated rings. The molecule has 8 heteroatoms. The highest BCUT2D eigenvalue weighted by Gasteiger charge is 2.27. The molecule has 6 nitrogen and oxygen atoms in total. The van der Waals surface area contributed by atoms with Crippen LogP contribution in [-0.4, -0.2) is 35.6 Å². The molecule has 1 atom stereocenters. The number of rotatable bonds is 8. The van der Waals surface area contributed by atoms with E-state index in [4.69, 9.17) is 32.7 Å². The molecule has 31 heavy (non-hydrogen) atoms. The largest absolute Gasteiger partial charge is 0.454 e. The molecule has 2 aromatic carbocycles. The van der Waals surface area contributed by atoms with Crippen molar-refractivity contribution in [3.05, 3.63) is 57.6 Å². The minimum absolute atomic E-state index is 0.0281. The lowest BCUT2D eigenvalue weighted by atomic mass is 10.1. The Morgan fingerprint density at radius 1 is 1.06 bits per heavy atom. The van der Waals surface area contributed by atoms with E-state index in [-0.39, 0.29) is 37.6 Å². The number of hydrogen-bond donors (Lipinski definition) is 1. The van der Waals surface area contributed by atoms with Gasteiger partial charge in [-0.2, -0.15) is 0 Å².